The van der Waals surface area contributed by atoms with E-state index < -0.39 is 0 Å². The fourth-order valence-corrected chi connectivity index (χ4v) is 2.46. The van der Waals surface area contributed by atoms with Crippen molar-refractivity contribution in [2.75, 3.05) is 29.5 Å². The van der Waals surface area contributed by atoms with Crippen LogP contribution in [0.25, 0.3) is 0 Å². The van der Waals surface area contributed by atoms with Gasteiger partial charge in [-0.1, -0.05) is 20.3 Å². The van der Waals surface area contributed by atoms with Crippen molar-refractivity contribution in [1.82, 2.24) is 0 Å². The van der Waals surface area contributed by atoms with E-state index in [9.17, 15) is 4.79 Å². The normalized spacial score (nSPS) is 15.6. The molecule has 1 aromatic carbocycles. The molecule has 1 heterocycles. The maximum absolute atomic E-state index is 11.5. The van der Waals surface area contributed by atoms with Crippen LogP contribution in [0.4, 0.5) is 17.1 Å². The molecular weight excluding hydrogens is 238 g/mol. The van der Waals surface area contributed by atoms with E-state index in [0.29, 0.717) is 12.3 Å². The number of benzene rings is 1. The van der Waals surface area contributed by atoms with Crippen molar-refractivity contribution in [3.63, 3.8) is 0 Å². The zero-order valence-corrected chi connectivity index (χ0v) is 12.0. The second-order valence-electron chi connectivity index (χ2n) is 5.51. The number of fused-ring (bicyclic) bond motifs is 1. The molecule has 104 valence electrons. The molecular formula is C15H23N3O. The number of nitrogens with one attached hydrogen (secondary N) is 1. The Kier molecular flexibility index (Phi) is 3.98. The number of amides is 1. The molecule has 1 aliphatic rings. The van der Waals surface area contributed by atoms with Crippen LogP contribution in [0.3, 0.4) is 0 Å². The molecule has 0 aliphatic carbocycles. The van der Waals surface area contributed by atoms with Crippen molar-refractivity contribution in [1.29, 1.82) is 0 Å². The molecule has 3 N–H and O–H groups in total. The van der Waals surface area contributed by atoms with Crippen LogP contribution in [0.2, 0.25) is 0 Å². The lowest BCUT2D eigenvalue weighted by atomic mass is 10.0. The first-order valence-electron chi connectivity index (χ1n) is 6.94. The predicted octanol–water partition coefficient (Wildman–Crippen LogP) is 2.64. The Balaban J connectivity index is 2.26. The predicted molar refractivity (Wildman–Crippen MR) is 80.5 cm³/mol. The van der Waals surface area contributed by atoms with E-state index in [0.717, 1.165) is 42.0 Å². The number of anilines is 3. The SMILES string of the molecule is CCC(C)CN(C)c1cc2c(cc1N)CCC(=O)N2. The maximum atomic E-state index is 11.5. The van der Waals surface area contributed by atoms with Gasteiger partial charge in [-0.25, -0.2) is 0 Å². The molecule has 0 saturated heterocycles. The fourth-order valence-electron chi connectivity index (χ4n) is 2.46. The zero-order chi connectivity index (χ0) is 14.0. The molecule has 1 aliphatic heterocycles. The van der Waals surface area contributed by atoms with E-state index in [4.69, 9.17) is 5.73 Å². The first-order valence-corrected chi connectivity index (χ1v) is 6.94. The average molecular weight is 261 g/mol. The highest BCUT2D eigenvalue weighted by atomic mass is 16.1. The highest BCUT2D eigenvalue weighted by Crippen LogP contribution is 2.33. The summed E-state index contributed by atoms with van der Waals surface area (Å²) in [7, 11) is 2.05. The van der Waals surface area contributed by atoms with Crippen LogP contribution in [-0.4, -0.2) is 19.5 Å². The Bertz CT molecular complexity index is 485. The van der Waals surface area contributed by atoms with Crippen LogP contribution >= 0.6 is 0 Å². The largest absolute Gasteiger partial charge is 0.397 e. The summed E-state index contributed by atoms with van der Waals surface area (Å²) in [6.07, 6.45) is 2.47. The summed E-state index contributed by atoms with van der Waals surface area (Å²) in [6.45, 7) is 5.38. The van der Waals surface area contributed by atoms with Crippen LogP contribution in [0.5, 0.6) is 0 Å². The highest BCUT2D eigenvalue weighted by molar-refractivity contribution is 5.95. The number of carbonyl (C=O) groups excluding carboxylic acids is 1. The molecule has 0 saturated carbocycles. The monoisotopic (exact) mass is 261 g/mol. The Morgan fingerprint density at radius 3 is 2.84 bits per heavy atom. The minimum absolute atomic E-state index is 0.0906. The molecule has 19 heavy (non-hydrogen) atoms. The molecule has 1 aromatic rings. The summed E-state index contributed by atoms with van der Waals surface area (Å²) >= 11 is 0. The number of carbonyl (C=O) groups is 1. The van der Waals surface area contributed by atoms with Gasteiger partial charge in [0.25, 0.3) is 0 Å². The number of nitrogens with zero attached hydrogens (tertiary/aromatic N) is 1. The molecule has 0 aromatic heterocycles. The summed E-state index contributed by atoms with van der Waals surface area (Å²) in [5.41, 5.74) is 9.99. The van der Waals surface area contributed by atoms with Crippen molar-refractivity contribution in [3.05, 3.63) is 17.7 Å². The van der Waals surface area contributed by atoms with Gasteiger partial charge in [0.15, 0.2) is 0 Å². The second-order valence-corrected chi connectivity index (χ2v) is 5.51. The van der Waals surface area contributed by atoms with Gasteiger partial charge in [0, 0.05) is 25.7 Å². The minimum atomic E-state index is 0.0906. The van der Waals surface area contributed by atoms with Gasteiger partial charge in [0.2, 0.25) is 5.91 Å². The van der Waals surface area contributed by atoms with E-state index in [2.05, 4.69) is 31.1 Å². The van der Waals surface area contributed by atoms with Gasteiger partial charge in [0.1, 0.15) is 0 Å². The summed E-state index contributed by atoms with van der Waals surface area (Å²) in [6, 6.07) is 4.00. The van der Waals surface area contributed by atoms with Crippen molar-refractivity contribution >= 4 is 23.0 Å². The minimum Gasteiger partial charge on any atom is -0.397 e. The van der Waals surface area contributed by atoms with Crippen LogP contribution in [0.15, 0.2) is 12.1 Å². The third-order valence-electron chi connectivity index (χ3n) is 3.84. The van der Waals surface area contributed by atoms with Gasteiger partial charge < -0.3 is 16.0 Å². The van der Waals surface area contributed by atoms with E-state index in [1.165, 1.54) is 0 Å². The van der Waals surface area contributed by atoms with Crippen LogP contribution < -0.4 is 16.0 Å². The summed E-state index contributed by atoms with van der Waals surface area (Å²) < 4.78 is 0. The van der Waals surface area contributed by atoms with Gasteiger partial charge in [-0.2, -0.15) is 0 Å². The lowest BCUT2D eigenvalue weighted by Gasteiger charge is -2.27. The maximum Gasteiger partial charge on any atom is 0.224 e. The molecule has 4 heteroatoms. The number of hydrogen-bond acceptors (Lipinski definition) is 3. The van der Waals surface area contributed by atoms with Crippen molar-refractivity contribution in [3.8, 4) is 0 Å². The number of rotatable bonds is 4. The quantitative estimate of drug-likeness (QED) is 0.819. The van der Waals surface area contributed by atoms with Crippen molar-refractivity contribution in [2.24, 2.45) is 5.92 Å². The topological polar surface area (TPSA) is 58.4 Å². The molecule has 4 nitrogen and oxygen atoms in total. The first kappa shape index (κ1) is 13.7. The summed E-state index contributed by atoms with van der Waals surface area (Å²) in [5.74, 6) is 0.711. The lowest BCUT2D eigenvalue weighted by molar-refractivity contribution is -0.116. The van der Waals surface area contributed by atoms with Gasteiger partial charge in [0.05, 0.1) is 11.4 Å². The smallest absolute Gasteiger partial charge is 0.224 e. The number of hydrogen-bond donors (Lipinski definition) is 2. The number of nitrogens with two attached hydrogens (primary N) is 1. The van der Waals surface area contributed by atoms with Gasteiger partial charge >= 0.3 is 0 Å². The van der Waals surface area contributed by atoms with Gasteiger partial charge in [-0.15, -0.1) is 0 Å². The standard InChI is InChI=1S/C15H23N3O/c1-4-10(2)9-18(3)14-8-13-11(7-12(14)16)5-6-15(19)17-13/h7-8,10H,4-6,9,16H2,1-3H3,(H,17,19). The first-order chi connectivity index (χ1) is 9.01. The molecule has 0 bridgehead atoms. The van der Waals surface area contributed by atoms with Crippen molar-refractivity contribution < 1.29 is 4.79 Å². The Morgan fingerprint density at radius 1 is 1.42 bits per heavy atom. The van der Waals surface area contributed by atoms with E-state index in [-0.39, 0.29) is 5.91 Å². The molecule has 1 unspecified atom stereocenters. The molecule has 2 rings (SSSR count). The average Bonchev–Trinajstić information content (AvgIpc) is 2.38. The summed E-state index contributed by atoms with van der Waals surface area (Å²) in [5, 5.41) is 2.93. The third kappa shape index (κ3) is 3.00. The third-order valence-corrected chi connectivity index (χ3v) is 3.84. The fraction of sp³-hybridized carbons (Fsp3) is 0.533. The van der Waals surface area contributed by atoms with E-state index in [1.807, 2.05) is 12.1 Å². The van der Waals surface area contributed by atoms with Crippen LogP contribution in [0.1, 0.15) is 32.3 Å². The van der Waals surface area contributed by atoms with Crippen LogP contribution in [0, 0.1) is 5.92 Å². The molecule has 0 radical (unpaired) electrons. The Labute approximate surface area is 115 Å². The molecule has 0 spiro atoms. The van der Waals surface area contributed by atoms with E-state index in [1.54, 1.807) is 0 Å². The van der Waals surface area contributed by atoms with Crippen molar-refractivity contribution in [2.45, 2.75) is 33.1 Å². The highest BCUT2D eigenvalue weighted by Gasteiger charge is 2.18. The lowest BCUT2D eigenvalue weighted by Crippen LogP contribution is -2.26. The number of nitrogen functional groups attached to an aromatic ring is 1. The van der Waals surface area contributed by atoms with E-state index >= 15 is 0 Å². The Morgan fingerprint density at radius 2 is 2.16 bits per heavy atom. The zero-order valence-electron chi connectivity index (χ0n) is 12.0. The molecule has 1 amide bonds. The van der Waals surface area contributed by atoms with Gasteiger partial charge in [-0.3, -0.25) is 4.79 Å². The van der Waals surface area contributed by atoms with Gasteiger partial charge in [-0.05, 0) is 30.0 Å². The Hall–Kier alpha value is -1.71. The number of aryl methyl sites for hydroxylation is 1. The van der Waals surface area contributed by atoms with Crippen LogP contribution in [-0.2, 0) is 11.2 Å². The molecule has 0 fully saturated rings. The summed E-state index contributed by atoms with van der Waals surface area (Å²) in [4.78, 5) is 13.6. The second kappa shape index (κ2) is 5.51. The molecule has 1 atom stereocenters.